The second-order valence-electron chi connectivity index (χ2n) is 4.08. The van der Waals surface area contributed by atoms with Crippen LogP contribution in [-0.4, -0.2) is 27.2 Å². The summed E-state index contributed by atoms with van der Waals surface area (Å²) in [6.07, 6.45) is 2.57. The van der Waals surface area contributed by atoms with Gasteiger partial charge >= 0.3 is 0 Å². The van der Waals surface area contributed by atoms with E-state index in [1.165, 1.54) is 0 Å². The molecule has 2 unspecified atom stereocenters. The molecule has 1 rings (SSSR count). The molecule has 0 bridgehead atoms. The molecular formula is C12H17BrN2OS2. The van der Waals surface area contributed by atoms with Gasteiger partial charge in [0, 0.05) is 44.6 Å². The molecule has 0 radical (unpaired) electrons. The van der Waals surface area contributed by atoms with Crippen molar-refractivity contribution in [1.82, 2.24) is 0 Å². The molecule has 6 heteroatoms. The first kappa shape index (κ1) is 15.6. The highest BCUT2D eigenvalue weighted by atomic mass is 79.9. The van der Waals surface area contributed by atoms with Gasteiger partial charge in [-0.2, -0.15) is 0 Å². The van der Waals surface area contributed by atoms with Crippen molar-refractivity contribution in [3.05, 3.63) is 28.2 Å². The van der Waals surface area contributed by atoms with Crippen molar-refractivity contribution in [3.63, 3.8) is 0 Å². The van der Waals surface area contributed by atoms with Crippen molar-refractivity contribution in [2.75, 3.05) is 18.1 Å². The van der Waals surface area contributed by atoms with Crippen LogP contribution in [0.4, 0.5) is 5.69 Å². The van der Waals surface area contributed by atoms with Crippen molar-refractivity contribution >= 4 is 49.6 Å². The molecule has 0 aliphatic rings. The molecule has 1 aromatic carbocycles. The molecule has 0 saturated carbocycles. The first-order valence-corrected chi connectivity index (χ1v) is 8.39. The Morgan fingerprint density at radius 2 is 2.28 bits per heavy atom. The van der Waals surface area contributed by atoms with E-state index in [0.717, 1.165) is 28.7 Å². The summed E-state index contributed by atoms with van der Waals surface area (Å²) in [5, 5.41) is 3.47. The third kappa shape index (κ3) is 4.66. The first-order valence-electron chi connectivity index (χ1n) is 5.57. The number of thiocarbonyl (C=S) groups is 1. The second kappa shape index (κ2) is 7.21. The first-order chi connectivity index (χ1) is 8.41. The van der Waals surface area contributed by atoms with E-state index >= 15 is 0 Å². The normalized spacial score (nSPS) is 13.9. The minimum Gasteiger partial charge on any atom is -0.389 e. The fourth-order valence-electron chi connectivity index (χ4n) is 1.45. The quantitative estimate of drug-likeness (QED) is 0.776. The third-order valence-corrected chi connectivity index (χ3v) is 4.76. The van der Waals surface area contributed by atoms with Crippen molar-refractivity contribution in [2.45, 2.75) is 18.6 Å². The second-order valence-corrected chi connectivity index (χ2v) is 7.24. The zero-order valence-electron chi connectivity index (χ0n) is 10.4. The van der Waals surface area contributed by atoms with E-state index in [0.29, 0.717) is 4.99 Å². The number of anilines is 1. The highest BCUT2D eigenvalue weighted by Crippen LogP contribution is 2.21. The Labute approximate surface area is 124 Å². The van der Waals surface area contributed by atoms with Gasteiger partial charge in [0.15, 0.2) is 0 Å². The van der Waals surface area contributed by atoms with E-state index in [1.807, 2.05) is 25.1 Å². The fraction of sp³-hybridized carbons (Fsp3) is 0.417. The molecular weight excluding hydrogens is 332 g/mol. The summed E-state index contributed by atoms with van der Waals surface area (Å²) in [7, 11) is -0.784. The number of hydrogen-bond donors (Lipinski definition) is 2. The van der Waals surface area contributed by atoms with Gasteiger partial charge in [-0.15, -0.1) is 0 Å². The Hall–Kier alpha value is -0.460. The van der Waals surface area contributed by atoms with E-state index in [2.05, 4.69) is 21.2 Å². The van der Waals surface area contributed by atoms with Crippen LogP contribution in [0.15, 0.2) is 22.7 Å². The average molecular weight is 349 g/mol. The number of halogens is 1. The van der Waals surface area contributed by atoms with Crippen molar-refractivity contribution < 1.29 is 4.21 Å². The smallest absolute Gasteiger partial charge is 0.106 e. The van der Waals surface area contributed by atoms with Crippen molar-refractivity contribution in [3.8, 4) is 0 Å². The molecule has 3 nitrogen and oxygen atoms in total. The maximum Gasteiger partial charge on any atom is 0.106 e. The lowest BCUT2D eigenvalue weighted by Crippen LogP contribution is -2.17. The van der Waals surface area contributed by atoms with Gasteiger partial charge in [0.25, 0.3) is 0 Å². The van der Waals surface area contributed by atoms with E-state index in [4.69, 9.17) is 18.0 Å². The van der Waals surface area contributed by atoms with E-state index in [9.17, 15) is 4.21 Å². The minimum atomic E-state index is -0.784. The van der Waals surface area contributed by atoms with Gasteiger partial charge in [0.05, 0.1) is 0 Å². The van der Waals surface area contributed by atoms with Crippen molar-refractivity contribution in [1.29, 1.82) is 0 Å². The Kier molecular flexibility index (Phi) is 6.25. The molecule has 1 aromatic rings. The van der Waals surface area contributed by atoms with Crippen LogP contribution in [0.5, 0.6) is 0 Å². The molecule has 100 valence electrons. The topological polar surface area (TPSA) is 55.1 Å². The molecule has 0 amide bonds. The number of benzene rings is 1. The SMILES string of the molecule is CC(CCNc1ccc(Br)cc1C(N)=S)S(C)=O. The van der Waals surface area contributed by atoms with Gasteiger partial charge in [0.1, 0.15) is 4.99 Å². The molecule has 3 N–H and O–H groups in total. The van der Waals surface area contributed by atoms with Crippen LogP contribution in [0.3, 0.4) is 0 Å². The van der Waals surface area contributed by atoms with Gasteiger partial charge < -0.3 is 11.1 Å². The van der Waals surface area contributed by atoms with Crippen LogP contribution in [-0.2, 0) is 10.8 Å². The standard InChI is InChI=1S/C12H17BrN2OS2/c1-8(18(2)16)5-6-15-11-4-3-9(13)7-10(11)12(14)17/h3-4,7-8,15H,5-6H2,1-2H3,(H2,14,17). The van der Waals surface area contributed by atoms with E-state index in [1.54, 1.807) is 6.26 Å². The maximum atomic E-state index is 11.2. The summed E-state index contributed by atoms with van der Waals surface area (Å²) in [6, 6.07) is 5.77. The molecule has 0 aliphatic carbocycles. The largest absolute Gasteiger partial charge is 0.389 e. The van der Waals surface area contributed by atoms with Crippen LogP contribution in [0, 0.1) is 0 Å². The summed E-state index contributed by atoms with van der Waals surface area (Å²) in [4.78, 5) is 0.367. The Bertz CT molecular complexity index is 465. The van der Waals surface area contributed by atoms with Gasteiger partial charge in [-0.05, 0) is 24.6 Å². The van der Waals surface area contributed by atoms with E-state index in [-0.39, 0.29) is 5.25 Å². The van der Waals surface area contributed by atoms with Gasteiger partial charge in [0.2, 0.25) is 0 Å². The van der Waals surface area contributed by atoms with Crippen LogP contribution in [0.25, 0.3) is 0 Å². The minimum absolute atomic E-state index is 0.182. The lowest BCUT2D eigenvalue weighted by molar-refractivity contribution is 0.672. The lowest BCUT2D eigenvalue weighted by Gasteiger charge is -2.13. The number of hydrogen-bond acceptors (Lipinski definition) is 3. The Morgan fingerprint density at radius 3 is 2.83 bits per heavy atom. The lowest BCUT2D eigenvalue weighted by atomic mass is 10.1. The van der Waals surface area contributed by atoms with Crippen LogP contribution in [0.1, 0.15) is 18.9 Å². The van der Waals surface area contributed by atoms with E-state index < -0.39 is 10.8 Å². The Morgan fingerprint density at radius 1 is 1.61 bits per heavy atom. The van der Waals surface area contributed by atoms with Gasteiger partial charge in [-0.3, -0.25) is 4.21 Å². The van der Waals surface area contributed by atoms with Gasteiger partial charge in [-0.1, -0.05) is 35.1 Å². The van der Waals surface area contributed by atoms with Crippen LogP contribution >= 0.6 is 28.1 Å². The molecule has 0 fully saturated rings. The molecule has 18 heavy (non-hydrogen) atoms. The molecule has 0 spiro atoms. The molecule has 0 saturated heterocycles. The number of nitrogens with two attached hydrogens (primary N) is 1. The molecule has 0 aromatic heterocycles. The monoisotopic (exact) mass is 348 g/mol. The van der Waals surface area contributed by atoms with Crippen LogP contribution in [0.2, 0.25) is 0 Å². The molecule has 0 aliphatic heterocycles. The summed E-state index contributed by atoms with van der Waals surface area (Å²) in [5.41, 5.74) is 7.43. The van der Waals surface area contributed by atoms with Crippen LogP contribution < -0.4 is 11.1 Å². The predicted octanol–water partition coefficient (Wildman–Crippen LogP) is 2.65. The van der Waals surface area contributed by atoms with Crippen molar-refractivity contribution in [2.24, 2.45) is 5.73 Å². The summed E-state index contributed by atoms with van der Waals surface area (Å²) in [6.45, 7) is 2.73. The summed E-state index contributed by atoms with van der Waals surface area (Å²) < 4.78 is 12.2. The third-order valence-electron chi connectivity index (χ3n) is 2.68. The summed E-state index contributed by atoms with van der Waals surface area (Å²) in [5.74, 6) is 0. The zero-order valence-corrected chi connectivity index (χ0v) is 13.6. The molecule has 0 heterocycles. The number of nitrogens with one attached hydrogen (secondary N) is 1. The fourth-order valence-corrected chi connectivity index (χ4v) is 2.43. The number of rotatable bonds is 6. The maximum absolute atomic E-state index is 11.2. The average Bonchev–Trinajstić information content (AvgIpc) is 2.30. The molecule has 2 atom stereocenters. The highest BCUT2D eigenvalue weighted by molar-refractivity contribution is 9.10. The predicted molar refractivity (Wildman–Crippen MR) is 86.7 cm³/mol. The van der Waals surface area contributed by atoms with Gasteiger partial charge in [-0.25, -0.2) is 0 Å². The zero-order chi connectivity index (χ0) is 13.7. The highest BCUT2D eigenvalue weighted by Gasteiger charge is 2.08. The summed E-state index contributed by atoms with van der Waals surface area (Å²) >= 11 is 8.41. The Balaban J connectivity index is 2.67.